The van der Waals surface area contributed by atoms with Gasteiger partial charge in [-0.1, -0.05) is 166 Å². The van der Waals surface area contributed by atoms with Crippen LogP contribution in [0.4, 0.5) is 17.1 Å². The summed E-state index contributed by atoms with van der Waals surface area (Å²) in [7, 11) is -2.68. The predicted octanol–water partition coefficient (Wildman–Crippen LogP) is 11.3. The Labute approximate surface area is 329 Å². The Morgan fingerprint density at radius 1 is 0.375 bits per heavy atom. The number of ether oxygens (including phenoxy) is 1. The Morgan fingerprint density at radius 3 is 1.41 bits per heavy atom. The second-order valence-corrected chi connectivity index (χ2v) is 19.1. The Kier molecular flexibility index (Phi) is 8.20. The maximum absolute atomic E-state index is 6.25. The van der Waals surface area contributed by atoms with E-state index in [1.807, 2.05) is 30.3 Å². The number of nitrogens with zero attached hydrogens (tertiary/aromatic N) is 1. The van der Waals surface area contributed by atoms with E-state index in [0.29, 0.717) is 0 Å². The number of hydrogen-bond donors (Lipinski definition) is 0. The highest BCUT2D eigenvalue weighted by molar-refractivity contribution is 7.19. The summed E-state index contributed by atoms with van der Waals surface area (Å²) in [6.07, 6.45) is 0. The van der Waals surface area contributed by atoms with Crippen molar-refractivity contribution < 1.29 is 4.74 Å². The van der Waals surface area contributed by atoms with E-state index >= 15 is 0 Å². The first-order valence-corrected chi connectivity index (χ1v) is 21.4. The fourth-order valence-corrected chi connectivity index (χ4v) is 13.9. The molecule has 0 aromatic heterocycles. The van der Waals surface area contributed by atoms with Crippen LogP contribution in [0.2, 0.25) is 0 Å². The van der Waals surface area contributed by atoms with E-state index in [0.717, 1.165) is 28.6 Å². The summed E-state index contributed by atoms with van der Waals surface area (Å²) >= 11 is 0. The van der Waals surface area contributed by atoms with Crippen LogP contribution in [0.5, 0.6) is 11.5 Å². The average molecular weight is 736 g/mol. The first kappa shape index (κ1) is 33.9. The van der Waals surface area contributed by atoms with Crippen LogP contribution in [-0.2, 0) is 5.41 Å². The zero-order valence-electron chi connectivity index (χ0n) is 31.6. The molecule has 9 aromatic carbocycles. The van der Waals surface area contributed by atoms with Gasteiger partial charge < -0.3 is 9.64 Å². The zero-order chi connectivity index (χ0) is 37.7. The van der Waals surface area contributed by atoms with Crippen LogP contribution in [0.1, 0.15) is 25.0 Å². The van der Waals surface area contributed by atoms with Crippen LogP contribution < -0.4 is 30.4 Å². The van der Waals surface area contributed by atoms with Crippen molar-refractivity contribution in [1.29, 1.82) is 0 Å². The van der Waals surface area contributed by atoms with Crippen molar-refractivity contribution in [3.63, 3.8) is 0 Å². The molecule has 0 spiro atoms. The number of anilines is 3. The van der Waals surface area contributed by atoms with Gasteiger partial charge in [-0.05, 0) is 114 Å². The molecule has 2 nitrogen and oxygen atoms in total. The average Bonchev–Trinajstić information content (AvgIpc) is 3.49. The van der Waals surface area contributed by atoms with Crippen molar-refractivity contribution >= 4 is 67.4 Å². The monoisotopic (exact) mass is 735 g/mol. The van der Waals surface area contributed by atoms with Gasteiger partial charge >= 0.3 is 0 Å². The summed E-state index contributed by atoms with van der Waals surface area (Å²) < 4.78 is 6.25. The van der Waals surface area contributed by atoms with E-state index in [9.17, 15) is 0 Å². The molecule has 1 aliphatic rings. The van der Waals surface area contributed by atoms with Crippen molar-refractivity contribution in [3.05, 3.63) is 223 Å². The smallest absolute Gasteiger partial charge is 0.179 e. The fraction of sp³-hybridized carbons (Fsp3) is 0.0566. The van der Waals surface area contributed by atoms with Gasteiger partial charge in [0.1, 0.15) is 11.5 Å². The number of rotatable bonds is 9. The van der Waals surface area contributed by atoms with Gasteiger partial charge in [0.15, 0.2) is 8.07 Å². The van der Waals surface area contributed by atoms with Crippen LogP contribution >= 0.6 is 0 Å². The Bertz CT molecular complexity index is 2720. The Morgan fingerprint density at radius 2 is 0.839 bits per heavy atom. The van der Waals surface area contributed by atoms with E-state index in [1.165, 1.54) is 53.4 Å². The summed E-state index contributed by atoms with van der Waals surface area (Å²) in [6, 6.07) is 77.4. The lowest BCUT2D eigenvalue weighted by Gasteiger charge is -2.35. The van der Waals surface area contributed by atoms with Gasteiger partial charge in [0.25, 0.3) is 0 Å². The lowest BCUT2D eigenvalue weighted by molar-refractivity contribution is 0.483. The minimum absolute atomic E-state index is 0.132. The van der Waals surface area contributed by atoms with Gasteiger partial charge in [-0.3, -0.25) is 0 Å². The number of para-hydroxylation sites is 1. The Hall–Kier alpha value is -6.68. The third-order valence-electron chi connectivity index (χ3n) is 11.8. The SMILES string of the molecule is CC1(C)c2cccc3ccc4cc(N(c5ccc(Oc6ccccc6)cc5)c5ccc([Si](c6ccccc6)(c6ccccc6)c6ccccc6)cc5)cc1c4c23. The topological polar surface area (TPSA) is 12.5 Å². The van der Waals surface area contributed by atoms with Crippen LogP contribution in [0, 0.1) is 0 Å². The molecule has 10 rings (SSSR count). The third-order valence-corrected chi connectivity index (χ3v) is 16.6. The molecule has 0 radical (unpaired) electrons. The quantitative estimate of drug-likeness (QED) is 0.0831. The van der Waals surface area contributed by atoms with Gasteiger partial charge in [-0.15, -0.1) is 0 Å². The second-order valence-electron chi connectivity index (χ2n) is 15.3. The molecule has 0 bridgehead atoms. The van der Waals surface area contributed by atoms with Gasteiger partial charge in [-0.25, -0.2) is 0 Å². The molecule has 1 aliphatic carbocycles. The predicted molar refractivity (Wildman–Crippen MR) is 238 cm³/mol. The van der Waals surface area contributed by atoms with Gasteiger partial charge in [0.2, 0.25) is 0 Å². The molecular weight excluding hydrogens is 695 g/mol. The van der Waals surface area contributed by atoms with Gasteiger partial charge in [-0.2, -0.15) is 0 Å². The van der Waals surface area contributed by atoms with Crippen LogP contribution in [0.3, 0.4) is 0 Å². The molecule has 0 amide bonds. The lowest BCUT2D eigenvalue weighted by atomic mass is 9.81. The summed E-state index contributed by atoms with van der Waals surface area (Å²) in [5.74, 6) is 1.62. The normalized spacial score (nSPS) is 13.0. The molecule has 0 fully saturated rings. The van der Waals surface area contributed by atoms with Crippen molar-refractivity contribution in [3.8, 4) is 11.5 Å². The molecule has 0 atom stereocenters. The van der Waals surface area contributed by atoms with Gasteiger partial charge in [0, 0.05) is 22.5 Å². The molecule has 0 unspecified atom stereocenters. The first-order valence-electron chi connectivity index (χ1n) is 19.4. The molecule has 0 saturated carbocycles. The second kappa shape index (κ2) is 13.6. The zero-order valence-corrected chi connectivity index (χ0v) is 32.6. The van der Waals surface area contributed by atoms with Crippen LogP contribution in [0.15, 0.2) is 212 Å². The maximum Gasteiger partial charge on any atom is 0.179 e. The van der Waals surface area contributed by atoms with E-state index in [2.05, 4.69) is 201 Å². The Balaban J connectivity index is 1.15. The summed E-state index contributed by atoms with van der Waals surface area (Å²) in [6.45, 7) is 4.74. The largest absolute Gasteiger partial charge is 0.457 e. The van der Waals surface area contributed by atoms with Crippen molar-refractivity contribution in [2.75, 3.05) is 4.90 Å². The summed E-state index contributed by atoms with van der Waals surface area (Å²) in [5.41, 5.74) is 5.93. The van der Waals surface area contributed by atoms with Crippen LogP contribution in [-0.4, -0.2) is 8.07 Å². The molecule has 268 valence electrons. The fourth-order valence-electron chi connectivity index (χ4n) is 9.17. The highest BCUT2D eigenvalue weighted by atomic mass is 28.3. The molecular formula is C53H41NOSi. The number of benzene rings is 9. The molecule has 56 heavy (non-hydrogen) atoms. The molecule has 0 saturated heterocycles. The maximum atomic E-state index is 6.25. The summed E-state index contributed by atoms with van der Waals surface area (Å²) in [5, 5.41) is 10.8. The van der Waals surface area contributed by atoms with E-state index in [4.69, 9.17) is 4.74 Å². The molecule has 9 aromatic rings. The molecule has 0 heterocycles. The third kappa shape index (κ3) is 5.46. The van der Waals surface area contributed by atoms with Crippen LogP contribution in [0.25, 0.3) is 21.5 Å². The molecule has 0 aliphatic heterocycles. The minimum atomic E-state index is -2.68. The summed E-state index contributed by atoms with van der Waals surface area (Å²) in [4.78, 5) is 2.41. The molecule has 0 N–H and O–H groups in total. The van der Waals surface area contributed by atoms with E-state index in [-0.39, 0.29) is 5.41 Å². The van der Waals surface area contributed by atoms with E-state index in [1.54, 1.807) is 0 Å². The van der Waals surface area contributed by atoms with Crippen molar-refractivity contribution in [2.45, 2.75) is 19.3 Å². The van der Waals surface area contributed by atoms with Gasteiger partial charge in [0.05, 0.1) is 0 Å². The minimum Gasteiger partial charge on any atom is -0.457 e. The van der Waals surface area contributed by atoms with Crippen molar-refractivity contribution in [2.24, 2.45) is 0 Å². The van der Waals surface area contributed by atoms with E-state index < -0.39 is 8.07 Å². The highest BCUT2D eigenvalue weighted by Gasteiger charge is 2.41. The highest BCUT2D eigenvalue weighted by Crippen LogP contribution is 2.51. The molecule has 3 heteroatoms. The first-order chi connectivity index (χ1) is 27.5. The van der Waals surface area contributed by atoms with Crippen molar-refractivity contribution in [1.82, 2.24) is 0 Å². The lowest BCUT2D eigenvalue weighted by Crippen LogP contribution is -2.74. The number of hydrogen-bond acceptors (Lipinski definition) is 2. The standard InChI is InChI=1S/C53H41NOSi/c1-53(2)49-25-15-16-38-26-27-39-36-42(37-50(53)52(39)51(38)49)54(40-28-32-44(33-29-40)55-43-17-7-3-8-18-43)41-30-34-48(35-31-41)56(45-19-9-4-10-20-45,46-21-11-5-12-22-46)47-23-13-6-14-24-47/h3-37H,1-2H3.